The van der Waals surface area contributed by atoms with Crippen molar-refractivity contribution in [1.82, 2.24) is 0 Å². The van der Waals surface area contributed by atoms with Gasteiger partial charge in [-0.2, -0.15) is 11.3 Å². The van der Waals surface area contributed by atoms with E-state index in [-0.39, 0.29) is 12.0 Å². The minimum Gasteiger partial charge on any atom is -0.395 e. The van der Waals surface area contributed by atoms with Crippen molar-refractivity contribution in [2.45, 2.75) is 31.1 Å². The fourth-order valence-corrected chi connectivity index (χ4v) is 3.86. The van der Waals surface area contributed by atoms with Crippen LogP contribution in [0.4, 0.5) is 0 Å². The highest BCUT2D eigenvalue weighted by Gasteiger charge is 2.35. The molecule has 0 amide bonds. The van der Waals surface area contributed by atoms with Crippen LogP contribution < -0.4 is 0 Å². The molecule has 0 saturated heterocycles. The fraction of sp³-hybridized carbons (Fsp3) is 0.375. The number of rotatable bonds is 3. The fourth-order valence-electron chi connectivity index (χ4n) is 3.20. The first-order valence-corrected chi connectivity index (χ1v) is 7.49. The standard InChI is InChI=1S/C16H18OS/c17-12-16(10-13-7-9-18-11-13)8-3-5-14-4-1-2-6-15(14)16/h1-2,4,6-7,9,11,17H,3,5,8,10,12H2. The van der Waals surface area contributed by atoms with Crippen LogP contribution in [0.1, 0.15) is 29.5 Å². The van der Waals surface area contributed by atoms with E-state index in [4.69, 9.17) is 0 Å². The molecule has 1 aliphatic carbocycles. The van der Waals surface area contributed by atoms with E-state index < -0.39 is 0 Å². The van der Waals surface area contributed by atoms with Gasteiger partial charge < -0.3 is 5.11 Å². The SMILES string of the molecule is OCC1(Cc2ccsc2)CCCc2ccccc21. The van der Waals surface area contributed by atoms with Crippen LogP contribution in [-0.4, -0.2) is 11.7 Å². The summed E-state index contributed by atoms with van der Waals surface area (Å²) in [6, 6.07) is 10.8. The third-order valence-electron chi connectivity index (χ3n) is 4.12. The normalized spacial score (nSPS) is 22.7. The monoisotopic (exact) mass is 258 g/mol. The van der Waals surface area contributed by atoms with Crippen LogP contribution in [0.3, 0.4) is 0 Å². The van der Waals surface area contributed by atoms with Gasteiger partial charge in [-0.15, -0.1) is 0 Å². The predicted molar refractivity (Wildman–Crippen MR) is 76.2 cm³/mol. The number of hydrogen-bond donors (Lipinski definition) is 1. The van der Waals surface area contributed by atoms with Gasteiger partial charge in [0, 0.05) is 5.41 Å². The summed E-state index contributed by atoms with van der Waals surface area (Å²) in [4.78, 5) is 0. The van der Waals surface area contributed by atoms with E-state index in [1.54, 1.807) is 11.3 Å². The highest BCUT2D eigenvalue weighted by Crippen LogP contribution is 2.39. The molecule has 2 heteroatoms. The molecule has 18 heavy (non-hydrogen) atoms. The lowest BCUT2D eigenvalue weighted by Gasteiger charge is -2.38. The minimum absolute atomic E-state index is 0.0596. The molecular formula is C16H18OS. The van der Waals surface area contributed by atoms with Gasteiger partial charge in [-0.1, -0.05) is 24.3 Å². The number of aliphatic hydroxyl groups is 1. The van der Waals surface area contributed by atoms with Gasteiger partial charge in [-0.05, 0) is 59.2 Å². The van der Waals surface area contributed by atoms with Crippen LogP contribution in [0.2, 0.25) is 0 Å². The van der Waals surface area contributed by atoms with Crippen LogP contribution in [0.25, 0.3) is 0 Å². The number of aliphatic hydroxyl groups excluding tert-OH is 1. The van der Waals surface area contributed by atoms with Crippen LogP contribution in [0.5, 0.6) is 0 Å². The molecule has 3 rings (SSSR count). The summed E-state index contributed by atoms with van der Waals surface area (Å²) in [6.45, 7) is 0.250. The largest absolute Gasteiger partial charge is 0.395 e. The third-order valence-corrected chi connectivity index (χ3v) is 4.85. The molecule has 0 aliphatic heterocycles. The maximum absolute atomic E-state index is 9.99. The minimum atomic E-state index is -0.0596. The molecule has 1 aliphatic rings. The Hall–Kier alpha value is -1.12. The van der Waals surface area contributed by atoms with Crippen LogP contribution in [0, 0.1) is 0 Å². The smallest absolute Gasteiger partial charge is 0.0531 e. The van der Waals surface area contributed by atoms with Gasteiger partial charge >= 0.3 is 0 Å². The van der Waals surface area contributed by atoms with Crippen LogP contribution in [-0.2, 0) is 18.3 Å². The van der Waals surface area contributed by atoms with E-state index in [0.29, 0.717) is 0 Å². The van der Waals surface area contributed by atoms with E-state index in [2.05, 4.69) is 41.1 Å². The number of fused-ring (bicyclic) bond motifs is 1. The Kier molecular flexibility index (Phi) is 3.23. The summed E-state index contributed by atoms with van der Waals surface area (Å²) in [7, 11) is 0. The van der Waals surface area contributed by atoms with E-state index in [1.807, 2.05) is 0 Å². The summed E-state index contributed by atoms with van der Waals surface area (Å²) < 4.78 is 0. The van der Waals surface area contributed by atoms with Crippen molar-refractivity contribution in [3.8, 4) is 0 Å². The number of thiophene rings is 1. The molecular weight excluding hydrogens is 240 g/mol. The van der Waals surface area contributed by atoms with Gasteiger partial charge in [0.15, 0.2) is 0 Å². The summed E-state index contributed by atoms with van der Waals surface area (Å²) in [5.74, 6) is 0. The zero-order valence-electron chi connectivity index (χ0n) is 10.4. The van der Waals surface area contributed by atoms with Crippen molar-refractivity contribution in [2.75, 3.05) is 6.61 Å². The lowest BCUT2D eigenvalue weighted by Crippen LogP contribution is -2.36. The second kappa shape index (κ2) is 4.87. The van der Waals surface area contributed by atoms with Crippen molar-refractivity contribution in [3.63, 3.8) is 0 Å². The summed E-state index contributed by atoms with van der Waals surface area (Å²) in [5.41, 5.74) is 4.08. The Morgan fingerprint density at radius 1 is 1.22 bits per heavy atom. The van der Waals surface area contributed by atoms with Crippen molar-refractivity contribution < 1.29 is 5.11 Å². The van der Waals surface area contributed by atoms with Gasteiger partial charge in [0.05, 0.1) is 6.61 Å². The van der Waals surface area contributed by atoms with E-state index >= 15 is 0 Å². The van der Waals surface area contributed by atoms with Crippen molar-refractivity contribution in [2.24, 2.45) is 0 Å². The molecule has 0 radical (unpaired) electrons. The maximum Gasteiger partial charge on any atom is 0.0531 e. The second-order valence-corrected chi connectivity index (χ2v) is 6.04. The van der Waals surface area contributed by atoms with E-state index in [0.717, 1.165) is 19.3 Å². The van der Waals surface area contributed by atoms with Gasteiger partial charge in [0.1, 0.15) is 0 Å². The lowest BCUT2D eigenvalue weighted by molar-refractivity contribution is 0.173. The molecule has 94 valence electrons. The first kappa shape index (κ1) is 11.9. The first-order valence-electron chi connectivity index (χ1n) is 6.54. The first-order chi connectivity index (χ1) is 8.84. The maximum atomic E-state index is 9.99. The van der Waals surface area contributed by atoms with Gasteiger partial charge in [0.25, 0.3) is 0 Å². The Balaban J connectivity index is 2.02. The average molecular weight is 258 g/mol. The zero-order chi connectivity index (χ0) is 12.4. The molecule has 1 nitrogen and oxygen atoms in total. The summed E-state index contributed by atoms with van der Waals surface area (Å²) in [5, 5.41) is 14.3. The van der Waals surface area contributed by atoms with E-state index in [9.17, 15) is 5.11 Å². The van der Waals surface area contributed by atoms with Gasteiger partial charge in [-0.25, -0.2) is 0 Å². The molecule has 1 aromatic carbocycles. The summed E-state index contributed by atoms with van der Waals surface area (Å²) >= 11 is 1.74. The molecule has 2 aromatic rings. The molecule has 0 bridgehead atoms. The third kappa shape index (κ3) is 2.00. The zero-order valence-corrected chi connectivity index (χ0v) is 11.2. The lowest BCUT2D eigenvalue weighted by atomic mass is 9.67. The Bertz CT molecular complexity index is 518. The van der Waals surface area contributed by atoms with Gasteiger partial charge in [0.2, 0.25) is 0 Å². The predicted octanol–water partition coefficient (Wildman–Crippen LogP) is 3.56. The Labute approximate surface area is 112 Å². The van der Waals surface area contributed by atoms with Crippen LogP contribution in [0.15, 0.2) is 41.1 Å². The molecule has 1 atom stereocenters. The highest BCUT2D eigenvalue weighted by molar-refractivity contribution is 7.07. The van der Waals surface area contributed by atoms with Crippen molar-refractivity contribution in [1.29, 1.82) is 0 Å². The molecule has 0 saturated carbocycles. The molecule has 1 unspecified atom stereocenters. The average Bonchev–Trinajstić information content (AvgIpc) is 2.92. The van der Waals surface area contributed by atoms with Crippen molar-refractivity contribution >= 4 is 11.3 Å². The topological polar surface area (TPSA) is 20.2 Å². The molecule has 1 N–H and O–H groups in total. The number of hydrogen-bond acceptors (Lipinski definition) is 2. The Morgan fingerprint density at radius 2 is 2.11 bits per heavy atom. The number of aryl methyl sites for hydroxylation is 1. The highest BCUT2D eigenvalue weighted by atomic mass is 32.1. The van der Waals surface area contributed by atoms with Gasteiger partial charge in [-0.3, -0.25) is 0 Å². The number of benzene rings is 1. The Morgan fingerprint density at radius 3 is 2.89 bits per heavy atom. The quantitative estimate of drug-likeness (QED) is 0.892. The van der Waals surface area contributed by atoms with Crippen molar-refractivity contribution in [3.05, 3.63) is 57.8 Å². The van der Waals surface area contributed by atoms with Crippen LogP contribution >= 0.6 is 11.3 Å². The second-order valence-electron chi connectivity index (χ2n) is 5.26. The molecule has 0 spiro atoms. The molecule has 1 heterocycles. The molecule has 1 aromatic heterocycles. The summed E-state index contributed by atoms with van der Waals surface area (Å²) in [6.07, 6.45) is 4.39. The van der Waals surface area contributed by atoms with E-state index in [1.165, 1.54) is 23.1 Å². The molecule has 0 fully saturated rings.